The molecule has 1 N–H and O–H groups in total. The van der Waals surface area contributed by atoms with E-state index >= 15 is 0 Å². The standard InChI is InChI=1S/C14H26N4/c1-14(12-17-8-3-2-4-9-17)16-6-5-10-18-11-7-15-13-18/h7,11,13-14,16H,2-6,8-10,12H2,1H3. The van der Waals surface area contributed by atoms with Crippen LogP contribution in [-0.4, -0.2) is 46.7 Å². The van der Waals surface area contributed by atoms with Crippen molar-refractivity contribution in [3.8, 4) is 0 Å². The monoisotopic (exact) mass is 250 g/mol. The quantitative estimate of drug-likeness (QED) is 0.748. The van der Waals surface area contributed by atoms with Crippen LogP contribution in [0.1, 0.15) is 32.6 Å². The van der Waals surface area contributed by atoms with Crippen LogP contribution in [-0.2, 0) is 6.54 Å². The summed E-state index contributed by atoms with van der Waals surface area (Å²) in [7, 11) is 0. The van der Waals surface area contributed by atoms with E-state index in [1.165, 1.54) is 45.3 Å². The number of imidazole rings is 1. The first kappa shape index (κ1) is 13.6. The summed E-state index contributed by atoms with van der Waals surface area (Å²) in [6, 6.07) is 0.603. The molecule has 1 aliphatic heterocycles. The average molecular weight is 250 g/mol. The third kappa shape index (κ3) is 4.78. The topological polar surface area (TPSA) is 33.1 Å². The van der Waals surface area contributed by atoms with E-state index in [9.17, 15) is 0 Å². The zero-order valence-corrected chi connectivity index (χ0v) is 11.5. The predicted molar refractivity (Wildman–Crippen MR) is 74.6 cm³/mol. The number of nitrogens with zero attached hydrogens (tertiary/aromatic N) is 3. The van der Waals surface area contributed by atoms with Gasteiger partial charge in [0.05, 0.1) is 6.33 Å². The maximum Gasteiger partial charge on any atom is 0.0945 e. The van der Waals surface area contributed by atoms with Crippen LogP contribution >= 0.6 is 0 Å². The van der Waals surface area contributed by atoms with Crippen molar-refractivity contribution >= 4 is 0 Å². The molecule has 0 radical (unpaired) electrons. The number of hydrogen-bond acceptors (Lipinski definition) is 3. The number of nitrogens with one attached hydrogen (secondary N) is 1. The van der Waals surface area contributed by atoms with Gasteiger partial charge in [0.1, 0.15) is 0 Å². The van der Waals surface area contributed by atoms with Gasteiger partial charge < -0.3 is 14.8 Å². The largest absolute Gasteiger partial charge is 0.337 e. The van der Waals surface area contributed by atoms with Crippen LogP contribution in [0.3, 0.4) is 0 Å². The number of aryl methyl sites for hydroxylation is 1. The highest BCUT2D eigenvalue weighted by Gasteiger charge is 2.12. The molecule has 1 saturated heterocycles. The summed E-state index contributed by atoms with van der Waals surface area (Å²) in [5.74, 6) is 0. The molecular formula is C14H26N4. The predicted octanol–water partition coefficient (Wildman–Crippen LogP) is 1.74. The molecule has 4 heteroatoms. The summed E-state index contributed by atoms with van der Waals surface area (Å²) < 4.78 is 2.14. The van der Waals surface area contributed by atoms with Gasteiger partial charge in [-0.3, -0.25) is 0 Å². The van der Waals surface area contributed by atoms with E-state index in [2.05, 4.69) is 26.7 Å². The van der Waals surface area contributed by atoms with Crippen molar-refractivity contribution in [2.45, 2.75) is 45.2 Å². The van der Waals surface area contributed by atoms with Crippen molar-refractivity contribution in [2.24, 2.45) is 0 Å². The number of hydrogen-bond donors (Lipinski definition) is 1. The van der Waals surface area contributed by atoms with E-state index in [4.69, 9.17) is 0 Å². The Hall–Kier alpha value is -0.870. The fourth-order valence-electron chi connectivity index (χ4n) is 2.62. The Morgan fingerprint density at radius 1 is 1.28 bits per heavy atom. The Bertz CT molecular complexity index is 304. The molecule has 1 atom stereocenters. The van der Waals surface area contributed by atoms with Gasteiger partial charge >= 0.3 is 0 Å². The Labute approximate surface area is 110 Å². The fraction of sp³-hybridized carbons (Fsp3) is 0.786. The van der Waals surface area contributed by atoms with Gasteiger partial charge in [0.25, 0.3) is 0 Å². The molecule has 1 aliphatic rings. The lowest BCUT2D eigenvalue weighted by molar-refractivity contribution is 0.209. The summed E-state index contributed by atoms with van der Waals surface area (Å²) in [4.78, 5) is 6.64. The molecule has 1 aromatic heterocycles. The van der Waals surface area contributed by atoms with Gasteiger partial charge in [0, 0.05) is 31.5 Å². The fourth-order valence-corrected chi connectivity index (χ4v) is 2.62. The SMILES string of the molecule is CC(CN1CCCCC1)NCCCn1ccnc1. The molecule has 0 aliphatic carbocycles. The van der Waals surface area contributed by atoms with E-state index in [-0.39, 0.29) is 0 Å². The highest BCUT2D eigenvalue weighted by molar-refractivity contribution is 4.74. The van der Waals surface area contributed by atoms with Crippen LogP contribution in [0.2, 0.25) is 0 Å². The maximum atomic E-state index is 4.05. The molecule has 0 spiro atoms. The summed E-state index contributed by atoms with van der Waals surface area (Å²) in [6.07, 6.45) is 11.1. The molecule has 1 unspecified atom stereocenters. The molecule has 18 heavy (non-hydrogen) atoms. The normalized spacial score (nSPS) is 18.9. The summed E-state index contributed by atoms with van der Waals surface area (Å²) in [6.45, 7) is 8.23. The highest BCUT2D eigenvalue weighted by atomic mass is 15.1. The molecule has 1 fully saturated rings. The number of aromatic nitrogens is 2. The van der Waals surface area contributed by atoms with E-state index in [1.54, 1.807) is 0 Å². The van der Waals surface area contributed by atoms with Gasteiger partial charge in [-0.25, -0.2) is 4.98 Å². The van der Waals surface area contributed by atoms with Gasteiger partial charge in [0.2, 0.25) is 0 Å². The van der Waals surface area contributed by atoms with Crippen molar-refractivity contribution in [1.82, 2.24) is 19.8 Å². The van der Waals surface area contributed by atoms with Gasteiger partial charge in [-0.2, -0.15) is 0 Å². The molecule has 1 aromatic rings. The van der Waals surface area contributed by atoms with E-state index < -0.39 is 0 Å². The number of piperidine rings is 1. The van der Waals surface area contributed by atoms with E-state index in [0.29, 0.717) is 6.04 Å². The van der Waals surface area contributed by atoms with Crippen LogP contribution in [0.15, 0.2) is 18.7 Å². The minimum Gasteiger partial charge on any atom is -0.337 e. The van der Waals surface area contributed by atoms with Crippen molar-refractivity contribution < 1.29 is 0 Å². The van der Waals surface area contributed by atoms with Crippen molar-refractivity contribution in [3.63, 3.8) is 0 Å². The molecule has 0 saturated carbocycles. The van der Waals surface area contributed by atoms with Gasteiger partial charge in [-0.05, 0) is 45.8 Å². The van der Waals surface area contributed by atoms with E-state index in [0.717, 1.165) is 13.1 Å². The minimum atomic E-state index is 0.603. The van der Waals surface area contributed by atoms with Crippen LogP contribution in [0.25, 0.3) is 0 Å². The molecule has 2 rings (SSSR count). The molecule has 0 bridgehead atoms. The maximum absolute atomic E-state index is 4.05. The second-order valence-corrected chi connectivity index (χ2v) is 5.37. The first-order valence-corrected chi connectivity index (χ1v) is 7.26. The highest BCUT2D eigenvalue weighted by Crippen LogP contribution is 2.08. The second kappa shape index (κ2) is 7.54. The molecule has 0 amide bonds. The van der Waals surface area contributed by atoms with Gasteiger partial charge in [0.15, 0.2) is 0 Å². The Kier molecular flexibility index (Phi) is 5.68. The lowest BCUT2D eigenvalue weighted by Crippen LogP contribution is -2.41. The third-order valence-electron chi connectivity index (χ3n) is 3.63. The Morgan fingerprint density at radius 3 is 2.83 bits per heavy atom. The summed E-state index contributed by atoms with van der Waals surface area (Å²) >= 11 is 0. The lowest BCUT2D eigenvalue weighted by Gasteiger charge is -2.29. The molecule has 4 nitrogen and oxygen atoms in total. The Morgan fingerprint density at radius 2 is 2.11 bits per heavy atom. The van der Waals surface area contributed by atoms with Gasteiger partial charge in [-0.1, -0.05) is 6.42 Å². The molecule has 0 aromatic carbocycles. The van der Waals surface area contributed by atoms with Crippen LogP contribution < -0.4 is 5.32 Å². The summed E-state index contributed by atoms with van der Waals surface area (Å²) in [5, 5.41) is 3.62. The van der Waals surface area contributed by atoms with E-state index in [1.807, 2.05) is 18.7 Å². The van der Waals surface area contributed by atoms with Crippen molar-refractivity contribution in [2.75, 3.05) is 26.2 Å². The zero-order chi connectivity index (χ0) is 12.6. The minimum absolute atomic E-state index is 0.603. The first-order chi connectivity index (χ1) is 8.84. The molecule has 102 valence electrons. The lowest BCUT2D eigenvalue weighted by atomic mass is 10.1. The Balaban J connectivity index is 1.52. The van der Waals surface area contributed by atoms with Crippen LogP contribution in [0.4, 0.5) is 0 Å². The summed E-state index contributed by atoms with van der Waals surface area (Å²) in [5.41, 5.74) is 0. The van der Waals surface area contributed by atoms with Crippen LogP contribution in [0, 0.1) is 0 Å². The number of likely N-dealkylation sites (tertiary alicyclic amines) is 1. The van der Waals surface area contributed by atoms with Crippen LogP contribution in [0.5, 0.6) is 0 Å². The number of rotatable bonds is 7. The molecule has 2 heterocycles. The first-order valence-electron chi connectivity index (χ1n) is 7.26. The van der Waals surface area contributed by atoms with Crippen molar-refractivity contribution in [1.29, 1.82) is 0 Å². The third-order valence-corrected chi connectivity index (χ3v) is 3.63. The molecular weight excluding hydrogens is 224 g/mol. The average Bonchev–Trinajstić information content (AvgIpc) is 2.89. The van der Waals surface area contributed by atoms with Gasteiger partial charge in [-0.15, -0.1) is 0 Å². The van der Waals surface area contributed by atoms with Crippen molar-refractivity contribution in [3.05, 3.63) is 18.7 Å². The zero-order valence-electron chi connectivity index (χ0n) is 11.5. The smallest absolute Gasteiger partial charge is 0.0945 e. The second-order valence-electron chi connectivity index (χ2n) is 5.37.